The van der Waals surface area contributed by atoms with E-state index in [4.69, 9.17) is 11.6 Å². The Labute approximate surface area is 134 Å². The normalized spacial score (nSPS) is 14.2. The highest BCUT2D eigenvalue weighted by Gasteiger charge is 2.25. The molecule has 0 saturated heterocycles. The van der Waals surface area contributed by atoms with E-state index in [0.29, 0.717) is 12.4 Å². The second-order valence-corrected chi connectivity index (χ2v) is 5.90. The van der Waals surface area contributed by atoms with Crippen molar-refractivity contribution in [1.82, 2.24) is 4.98 Å². The highest BCUT2D eigenvalue weighted by molar-refractivity contribution is 6.31. The number of hydrogen-bond donors (Lipinski definition) is 2. The fourth-order valence-corrected chi connectivity index (χ4v) is 2.51. The number of aromatic nitrogens is 1. The van der Waals surface area contributed by atoms with Crippen LogP contribution in [0, 0.1) is 5.92 Å². The predicted molar refractivity (Wildman–Crippen MR) is 89.0 cm³/mol. The van der Waals surface area contributed by atoms with Gasteiger partial charge < -0.3 is 10.6 Å². The Kier molecular flexibility index (Phi) is 4.59. The summed E-state index contributed by atoms with van der Waals surface area (Å²) < 4.78 is 0. The van der Waals surface area contributed by atoms with Gasteiger partial charge in [0.1, 0.15) is 5.82 Å². The zero-order valence-electron chi connectivity index (χ0n) is 12.2. The van der Waals surface area contributed by atoms with Gasteiger partial charge in [0, 0.05) is 17.5 Å². The third-order valence-electron chi connectivity index (χ3n) is 3.93. The number of nitrogens with one attached hydrogen (secondary N) is 2. The lowest BCUT2D eigenvalue weighted by Crippen LogP contribution is -2.28. The van der Waals surface area contributed by atoms with Crippen molar-refractivity contribution in [3.63, 3.8) is 0 Å². The van der Waals surface area contributed by atoms with Crippen LogP contribution in [0.5, 0.6) is 0 Å². The number of carbonyl (C=O) groups excluding carboxylic acids is 1. The molecule has 3 rings (SSSR count). The molecule has 1 amide bonds. The Hall–Kier alpha value is -2.07. The van der Waals surface area contributed by atoms with Gasteiger partial charge in [-0.25, -0.2) is 4.98 Å². The van der Waals surface area contributed by atoms with Crippen LogP contribution in [-0.2, 0) is 11.3 Å². The molecule has 1 aliphatic rings. The number of nitrogens with zero attached hydrogens (tertiary/aromatic N) is 1. The molecule has 0 bridgehead atoms. The Morgan fingerprint density at radius 1 is 1.23 bits per heavy atom. The number of hydrogen-bond acceptors (Lipinski definition) is 3. The minimum Gasteiger partial charge on any atom is -0.380 e. The number of carbonyl (C=O) groups is 1. The van der Waals surface area contributed by atoms with E-state index >= 15 is 0 Å². The number of anilines is 2. The van der Waals surface area contributed by atoms with Crippen LogP contribution in [0.1, 0.15) is 24.8 Å². The molecule has 1 fully saturated rings. The molecule has 0 aliphatic heterocycles. The molecular weight excluding hydrogens is 298 g/mol. The molecule has 1 aliphatic carbocycles. The summed E-state index contributed by atoms with van der Waals surface area (Å²) in [5.74, 6) is 0.843. The van der Waals surface area contributed by atoms with Gasteiger partial charge in [-0.3, -0.25) is 4.79 Å². The Bertz CT molecular complexity index is 653. The zero-order chi connectivity index (χ0) is 15.4. The second kappa shape index (κ2) is 6.79. The van der Waals surface area contributed by atoms with E-state index in [2.05, 4.69) is 15.6 Å². The third-order valence-corrected chi connectivity index (χ3v) is 4.30. The molecule has 1 aromatic carbocycles. The maximum atomic E-state index is 11.8. The molecule has 2 aromatic rings. The Morgan fingerprint density at radius 3 is 2.68 bits per heavy atom. The lowest BCUT2D eigenvalue weighted by atomic mass is 9.85. The molecule has 2 N–H and O–H groups in total. The van der Waals surface area contributed by atoms with Gasteiger partial charge in [0.15, 0.2) is 0 Å². The van der Waals surface area contributed by atoms with Crippen molar-refractivity contribution in [2.45, 2.75) is 25.8 Å². The monoisotopic (exact) mass is 315 g/mol. The van der Waals surface area contributed by atoms with Crippen molar-refractivity contribution in [1.29, 1.82) is 0 Å². The van der Waals surface area contributed by atoms with Gasteiger partial charge in [0.25, 0.3) is 0 Å². The standard InChI is InChI=1S/C17H18ClN3O/c18-15-7-2-1-4-13(15)10-19-14-8-9-16(20-11-14)21-17(22)12-5-3-6-12/h1-2,4,7-9,11-12,19H,3,5-6,10H2,(H,20,21,22). The first-order valence-corrected chi connectivity index (χ1v) is 7.84. The van der Waals surface area contributed by atoms with E-state index in [1.165, 1.54) is 0 Å². The molecule has 5 heteroatoms. The van der Waals surface area contributed by atoms with Crippen LogP contribution in [0.4, 0.5) is 11.5 Å². The number of halogens is 1. The topological polar surface area (TPSA) is 54.0 Å². The highest BCUT2D eigenvalue weighted by atomic mass is 35.5. The number of pyridine rings is 1. The average Bonchev–Trinajstić information content (AvgIpc) is 2.46. The van der Waals surface area contributed by atoms with Crippen LogP contribution in [0.25, 0.3) is 0 Å². The van der Waals surface area contributed by atoms with E-state index in [9.17, 15) is 4.79 Å². The van der Waals surface area contributed by atoms with E-state index < -0.39 is 0 Å². The summed E-state index contributed by atoms with van der Waals surface area (Å²) in [6, 6.07) is 11.4. The summed E-state index contributed by atoms with van der Waals surface area (Å²) in [4.78, 5) is 16.1. The molecule has 1 heterocycles. The molecule has 114 valence electrons. The number of benzene rings is 1. The average molecular weight is 316 g/mol. The molecule has 4 nitrogen and oxygen atoms in total. The molecule has 22 heavy (non-hydrogen) atoms. The van der Waals surface area contributed by atoms with Crippen LogP contribution in [0.2, 0.25) is 5.02 Å². The first-order chi connectivity index (χ1) is 10.7. The van der Waals surface area contributed by atoms with Crippen molar-refractivity contribution in [2.75, 3.05) is 10.6 Å². The second-order valence-electron chi connectivity index (χ2n) is 5.49. The van der Waals surface area contributed by atoms with Crippen LogP contribution in [0.15, 0.2) is 42.6 Å². The van der Waals surface area contributed by atoms with Gasteiger partial charge in [0.2, 0.25) is 5.91 Å². The number of rotatable bonds is 5. The Morgan fingerprint density at radius 2 is 2.05 bits per heavy atom. The van der Waals surface area contributed by atoms with E-state index in [-0.39, 0.29) is 11.8 Å². The van der Waals surface area contributed by atoms with Gasteiger partial charge in [0.05, 0.1) is 11.9 Å². The van der Waals surface area contributed by atoms with Crippen molar-refractivity contribution < 1.29 is 4.79 Å². The van der Waals surface area contributed by atoms with Crippen LogP contribution in [-0.4, -0.2) is 10.9 Å². The van der Waals surface area contributed by atoms with Gasteiger partial charge in [-0.1, -0.05) is 36.2 Å². The highest BCUT2D eigenvalue weighted by Crippen LogP contribution is 2.27. The van der Waals surface area contributed by atoms with Gasteiger partial charge in [-0.2, -0.15) is 0 Å². The SMILES string of the molecule is O=C(Nc1ccc(NCc2ccccc2Cl)cn1)C1CCC1. The van der Waals surface area contributed by atoms with Crippen molar-refractivity contribution in [3.05, 3.63) is 53.2 Å². The summed E-state index contributed by atoms with van der Waals surface area (Å²) in [5.41, 5.74) is 1.92. The first-order valence-electron chi connectivity index (χ1n) is 7.46. The summed E-state index contributed by atoms with van der Waals surface area (Å²) in [6.45, 7) is 0.634. The maximum absolute atomic E-state index is 11.8. The minimum absolute atomic E-state index is 0.0792. The summed E-state index contributed by atoms with van der Waals surface area (Å²) in [7, 11) is 0. The zero-order valence-corrected chi connectivity index (χ0v) is 12.9. The van der Waals surface area contributed by atoms with Gasteiger partial charge in [-0.05, 0) is 36.6 Å². The first kappa shape index (κ1) is 14.9. The molecule has 0 spiro atoms. The van der Waals surface area contributed by atoms with Gasteiger partial charge in [-0.15, -0.1) is 0 Å². The van der Waals surface area contributed by atoms with Crippen LogP contribution >= 0.6 is 11.6 Å². The molecular formula is C17H18ClN3O. The third kappa shape index (κ3) is 3.57. The summed E-state index contributed by atoms with van der Waals surface area (Å²) in [5, 5.41) is 6.87. The van der Waals surface area contributed by atoms with E-state index in [1.807, 2.05) is 36.4 Å². The minimum atomic E-state index is 0.0792. The van der Waals surface area contributed by atoms with Crippen molar-refractivity contribution >= 4 is 29.0 Å². The molecule has 0 radical (unpaired) electrons. The smallest absolute Gasteiger partial charge is 0.228 e. The van der Waals surface area contributed by atoms with Gasteiger partial charge >= 0.3 is 0 Å². The van der Waals surface area contributed by atoms with E-state index in [0.717, 1.165) is 35.5 Å². The van der Waals surface area contributed by atoms with Crippen LogP contribution in [0.3, 0.4) is 0 Å². The lowest BCUT2D eigenvalue weighted by molar-refractivity contribution is -0.122. The fourth-order valence-electron chi connectivity index (χ4n) is 2.31. The number of amides is 1. The lowest BCUT2D eigenvalue weighted by Gasteiger charge is -2.23. The predicted octanol–water partition coefficient (Wildman–Crippen LogP) is 4.09. The molecule has 0 unspecified atom stereocenters. The Balaban J connectivity index is 1.55. The maximum Gasteiger partial charge on any atom is 0.228 e. The summed E-state index contributed by atoms with van der Waals surface area (Å²) >= 11 is 6.12. The molecule has 0 atom stereocenters. The van der Waals surface area contributed by atoms with Crippen LogP contribution < -0.4 is 10.6 Å². The van der Waals surface area contributed by atoms with E-state index in [1.54, 1.807) is 6.20 Å². The summed E-state index contributed by atoms with van der Waals surface area (Å²) in [6.07, 6.45) is 4.84. The molecule has 1 aromatic heterocycles. The largest absolute Gasteiger partial charge is 0.380 e. The quantitative estimate of drug-likeness (QED) is 0.874. The van der Waals surface area contributed by atoms with Crippen molar-refractivity contribution in [3.8, 4) is 0 Å². The molecule has 1 saturated carbocycles. The fraction of sp³-hybridized carbons (Fsp3) is 0.294. The van der Waals surface area contributed by atoms with Crippen molar-refractivity contribution in [2.24, 2.45) is 5.92 Å².